The predicted octanol–water partition coefficient (Wildman–Crippen LogP) is 6.98. The monoisotopic (exact) mass is 625 g/mol. The second kappa shape index (κ2) is 13.0. The van der Waals surface area contributed by atoms with Crippen molar-refractivity contribution < 1.29 is 19.4 Å². The van der Waals surface area contributed by atoms with Gasteiger partial charge in [-0.3, -0.25) is 18.9 Å². The lowest BCUT2D eigenvalue weighted by Gasteiger charge is -2.23. The van der Waals surface area contributed by atoms with E-state index in [-0.39, 0.29) is 16.5 Å². The third kappa shape index (κ3) is 5.85. The van der Waals surface area contributed by atoms with E-state index in [1.54, 1.807) is 17.5 Å². The fourth-order valence-electron chi connectivity index (χ4n) is 5.27. The average Bonchev–Trinajstić information content (AvgIpc) is 3.72. The van der Waals surface area contributed by atoms with Gasteiger partial charge in [0.25, 0.3) is 5.78 Å². The van der Waals surface area contributed by atoms with Crippen LogP contribution in [0.15, 0.2) is 88.9 Å². The number of benzene rings is 2. The van der Waals surface area contributed by atoms with Crippen LogP contribution in [0.4, 0.5) is 5.13 Å². The summed E-state index contributed by atoms with van der Waals surface area (Å²) >= 11 is 2.74. The first-order valence-electron chi connectivity index (χ1n) is 14.4. The first kappa shape index (κ1) is 29.6. The van der Waals surface area contributed by atoms with Gasteiger partial charge in [-0.2, -0.15) is 0 Å². The number of ketones is 1. The number of imidazole rings is 1. The van der Waals surface area contributed by atoms with Gasteiger partial charge in [-0.15, -0.1) is 10.2 Å². The van der Waals surface area contributed by atoms with E-state index in [2.05, 4.69) is 22.1 Å². The fraction of sp³-hybridized carbons (Fsp3) is 0.242. The number of carbonyl (C=O) groups excluding carboxylic acids is 2. The van der Waals surface area contributed by atoms with Crippen LogP contribution in [0.1, 0.15) is 54.7 Å². The summed E-state index contributed by atoms with van der Waals surface area (Å²) in [6.07, 6.45) is 4.82. The number of amides is 1. The highest BCUT2D eigenvalue weighted by molar-refractivity contribution is 8.00. The van der Waals surface area contributed by atoms with Crippen LogP contribution in [0.2, 0.25) is 0 Å². The first-order valence-corrected chi connectivity index (χ1v) is 16.2. The molecule has 0 saturated carbocycles. The number of ether oxygens (including phenoxy) is 1. The molecule has 0 radical (unpaired) electrons. The first-order chi connectivity index (χ1) is 21.5. The molecule has 1 aliphatic rings. The summed E-state index contributed by atoms with van der Waals surface area (Å²) in [5.74, 6) is -0.590. The largest absolute Gasteiger partial charge is 0.505 e. The minimum absolute atomic E-state index is 0.0411. The molecule has 6 rings (SSSR count). The highest BCUT2D eigenvalue weighted by Gasteiger charge is 2.49. The van der Waals surface area contributed by atoms with E-state index in [0.29, 0.717) is 45.0 Å². The Labute approximate surface area is 263 Å². The van der Waals surface area contributed by atoms with E-state index in [4.69, 9.17) is 4.74 Å². The van der Waals surface area contributed by atoms with Crippen molar-refractivity contribution in [2.75, 3.05) is 11.5 Å². The van der Waals surface area contributed by atoms with Crippen LogP contribution in [0, 0.1) is 6.92 Å². The fourth-order valence-corrected chi connectivity index (χ4v) is 7.09. The molecule has 224 valence electrons. The van der Waals surface area contributed by atoms with Gasteiger partial charge in [-0.1, -0.05) is 91.4 Å². The number of nitrogens with zero attached hydrogens (tertiary/aromatic N) is 5. The Balaban J connectivity index is 1.42. The lowest BCUT2D eigenvalue weighted by Crippen LogP contribution is -2.29. The number of thioether (sulfide) groups is 1. The number of hydrogen-bond acceptors (Lipinski definition) is 9. The zero-order valence-electron chi connectivity index (χ0n) is 24.3. The zero-order chi connectivity index (χ0) is 30.6. The Morgan fingerprint density at radius 1 is 1.02 bits per heavy atom. The normalized spacial score (nSPS) is 16.2. The molecular formula is C33H31N5O4S2. The highest BCUT2D eigenvalue weighted by Crippen LogP contribution is 2.45. The van der Waals surface area contributed by atoms with Gasteiger partial charge in [0.2, 0.25) is 5.13 Å². The molecule has 1 amide bonds. The molecule has 4 heterocycles. The van der Waals surface area contributed by atoms with Gasteiger partial charge in [0.15, 0.2) is 10.1 Å². The van der Waals surface area contributed by atoms with E-state index < -0.39 is 17.7 Å². The summed E-state index contributed by atoms with van der Waals surface area (Å²) < 4.78 is 8.39. The lowest BCUT2D eigenvalue weighted by molar-refractivity contribution is -0.132. The number of unbranched alkanes of at least 4 members (excludes halogenated alkanes) is 2. The number of Topliss-reactive ketones (excluding diaryl/α,β-unsaturated/α-hetero) is 1. The number of aryl methyl sites for hydroxylation is 1. The van der Waals surface area contributed by atoms with Gasteiger partial charge in [-0.05, 0) is 48.7 Å². The number of pyridine rings is 1. The minimum Gasteiger partial charge on any atom is -0.505 e. The quantitative estimate of drug-likeness (QED) is 0.0418. The molecule has 0 spiro atoms. The second-order valence-electron chi connectivity index (χ2n) is 10.4. The number of aromatic nitrogens is 4. The Morgan fingerprint density at radius 2 is 1.84 bits per heavy atom. The van der Waals surface area contributed by atoms with Crippen molar-refractivity contribution in [3.05, 3.63) is 107 Å². The number of rotatable bonds is 11. The van der Waals surface area contributed by atoms with Crippen LogP contribution in [0.25, 0.3) is 11.4 Å². The van der Waals surface area contributed by atoms with Crippen LogP contribution >= 0.6 is 23.1 Å². The smallest absolute Gasteiger partial charge is 0.301 e. The van der Waals surface area contributed by atoms with Crippen molar-refractivity contribution in [2.45, 2.75) is 49.2 Å². The molecule has 5 aromatic rings. The molecular weight excluding hydrogens is 595 g/mol. The van der Waals surface area contributed by atoms with Crippen molar-refractivity contribution in [1.29, 1.82) is 0 Å². The molecule has 0 aliphatic carbocycles. The molecule has 11 heteroatoms. The van der Waals surface area contributed by atoms with Crippen LogP contribution in [0.3, 0.4) is 0 Å². The van der Waals surface area contributed by atoms with Gasteiger partial charge in [0.1, 0.15) is 17.1 Å². The maximum absolute atomic E-state index is 13.8. The van der Waals surface area contributed by atoms with Crippen LogP contribution < -0.4 is 9.64 Å². The Bertz CT molecular complexity index is 1850. The summed E-state index contributed by atoms with van der Waals surface area (Å²) in [5, 5.41) is 20.7. The van der Waals surface area contributed by atoms with Crippen molar-refractivity contribution in [1.82, 2.24) is 19.6 Å². The SMILES string of the molecule is CCCCCOc1cccc(C2C(=C(O)c3c(C)nc4ccccn34)C(=O)C(=O)N2c2nnc(SCc3ccccc3)s2)c1. The van der Waals surface area contributed by atoms with Crippen LogP contribution in [0.5, 0.6) is 5.75 Å². The highest BCUT2D eigenvalue weighted by atomic mass is 32.2. The summed E-state index contributed by atoms with van der Waals surface area (Å²) in [6, 6.07) is 21.8. The maximum atomic E-state index is 13.8. The summed E-state index contributed by atoms with van der Waals surface area (Å²) in [4.78, 5) is 33.4. The van der Waals surface area contributed by atoms with E-state index in [1.807, 2.05) is 72.8 Å². The molecule has 1 fully saturated rings. The van der Waals surface area contributed by atoms with E-state index >= 15 is 0 Å². The maximum Gasteiger partial charge on any atom is 0.301 e. The molecule has 0 bridgehead atoms. The molecule has 2 aromatic carbocycles. The Morgan fingerprint density at radius 3 is 2.66 bits per heavy atom. The number of fused-ring (bicyclic) bond motifs is 1. The van der Waals surface area contributed by atoms with Crippen LogP contribution in [-0.2, 0) is 15.3 Å². The topological polar surface area (TPSA) is 110 Å². The number of aliphatic hydroxyl groups is 1. The summed E-state index contributed by atoms with van der Waals surface area (Å²) in [7, 11) is 0. The zero-order valence-corrected chi connectivity index (χ0v) is 26.0. The molecule has 1 saturated heterocycles. The third-order valence-corrected chi connectivity index (χ3v) is 9.50. The molecule has 1 aliphatic heterocycles. The van der Waals surface area contributed by atoms with Gasteiger partial charge in [0, 0.05) is 11.9 Å². The van der Waals surface area contributed by atoms with Gasteiger partial charge < -0.3 is 9.84 Å². The Hall–Kier alpha value is -4.48. The van der Waals surface area contributed by atoms with Crippen molar-refractivity contribution in [3.63, 3.8) is 0 Å². The van der Waals surface area contributed by atoms with E-state index in [1.165, 1.54) is 28.0 Å². The summed E-state index contributed by atoms with van der Waals surface area (Å²) in [5.41, 5.74) is 3.20. The predicted molar refractivity (Wildman–Crippen MR) is 172 cm³/mol. The molecule has 3 aromatic heterocycles. The lowest BCUT2D eigenvalue weighted by atomic mass is 9.96. The van der Waals surface area contributed by atoms with Crippen molar-refractivity contribution >= 4 is 51.3 Å². The number of aliphatic hydroxyl groups excluding tert-OH is 1. The van der Waals surface area contributed by atoms with Gasteiger partial charge in [-0.25, -0.2) is 4.98 Å². The third-order valence-electron chi connectivity index (χ3n) is 7.37. The minimum atomic E-state index is -0.956. The number of anilines is 1. The second-order valence-corrected chi connectivity index (χ2v) is 12.6. The van der Waals surface area contributed by atoms with Gasteiger partial charge >= 0.3 is 5.91 Å². The van der Waals surface area contributed by atoms with Gasteiger partial charge in [0.05, 0.1) is 23.9 Å². The molecule has 1 N–H and O–H groups in total. The van der Waals surface area contributed by atoms with Crippen molar-refractivity contribution in [3.8, 4) is 5.75 Å². The molecule has 1 unspecified atom stereocenters. The summed E-state index contributed by atoms with van der Waals surface area (Å²) in [6.45, 7) is 4.45. The molecule has 9 nitrogen and oxygen atoms in total. The number of hydrogen-bond donors (Lipinski definition) is 1. The van der Waals surface area contributed by atoms with E-state index in [9.17, 15) is 14.7 Å². The van der Waals surface area contributed by atoms with E-state index in [0.717, 1.165) is 24.8 Å². The molecule has 44 heavy (non-hydrogen) atoms. The Kier molecular flexibility index (Phi) is 8.76. The molecule has 1 atom stereocenters. The standard InChI is InChI=1S/C33H31N5O4S2/c1-3-4-10-18-42-24-15-11-14-23(19-24)28-26(29(39)27-21(2)34-25-16-8-9-17-37(25)27)30(40)31(41)38(28)32-35-36-33(44-32)43-20-22-12-6-5-7-13-22/h5-9,11-17,19,28,39H,3-4,10,18,20H2,1-2H3. The average molecular weight is 626 g/mol. The van der Waals surface area contributed by atoms with Crippen molar-refractivity contribution in [2.24, 2.45) is 0 Å². The number of carbonyl (C=O) groups is 2. The van der Waals surface area contributed by atoms with Crippen LogP contribution in [-0.4, -0.2) is 43.0 Å².